The smallest absolute Gasteiger partial charge is 0.258 e. The second-order valence-corrected chi connectivity index (χ2v) is 8.53. The van der Waals surface area contributed by atoms with Crippen molar-refractivity contribution in [1.29, 1.82) is 0 Å². The highest BCUT2D eigenvalue weighted by Gasteiger charge is 2.25. The molecule has 1 aliphatic heterocycles. The largest absolute Gasteiger partial charge is 0.326 e. The van der Waals surface area contributed by atoms with Crippen molar-refractivity contribution in [3.8, 4) is 5.69 Å². The van der Waals surface area contributed by atoms with Crippen molar-refractivity contribution < 1.29 is 9.59 Å². The van der Waals surface area contributed by atoms with E-state index in [2.05, 4.69) is 16.5 Å². The maximum Gasteiger partial charge on any atom is 0.258 e. The van der Waals surface area contributed by atoms with Crippen LogP contribution in [0.25, 0.3) is 5.69 Å². The first-order valence-electron chi connectivity index (χ1n) is 11.4. The number of nitrogens with one attached hydrogen (secondary N) is 1. The Morgan fingerprint density at radius 2 is 1.62 bits per heavy atom. The van der Waals surface area contributed by atoms with E-state index < -0.39 is 0 Å². The number of anilines is 2. The lowest BCUT2D eigenvalue weighted by molar-refractivity contribution is -0.115. The molecule has 0 unspecified atom stereocenters. The zero-order valence-corrected chi connectivity index (χ0v) is 19.3. The van der Waals surface area contributed by atoms with Gasteiger partial charge in [0.2, 0.25) is 5.91 Å². The number of hydrogen-bond donors (Lipinski definition) is 1. The maximum atomic E-state index is 13.0. The fourth-order valence-corrected chi connectivity index (χ4v) is 4.52. The first kappa shape index (κ1) is 21.6. The second-order valence-electron chi connectivity index (χ2n) is 8.53. The number of carbonyl (C=O) groups is 2. The monoisotopic (exact) mass is 450 g/mol. The van der Waals surface area contributed by atoms with Gasteiger partial charge < -0.3 is 10.2 Å². The van der Waals surface area contributed by atoms with Crippen LogP contribution in [0.3, 0.4) is 0 Å². The summed E-state index contributed by atoms with van der Waals surface area (Å²) in [4.78, 5) is 27.6. The summed E-state index contributed by atoms with van der Waals surface area (Å²) in [6.07, 6.45) is 1.10. The van der Waals surface area contributed by atoms with Crippen LogP contribution in [0.5, 0.6) is 0 Å². The zero-order valence-electron chi connectivity index (χ0n) is 19.3. The standard InChI is InChI=1S/C28H26N4O2/c1-19-25(20(2)32(30-19)24-9-4-3-5-10-24)18-27(33)29-23-14-12-22(13-15-23)28(34)31-17-16-21-8-6-7-11-26(21)31/h3-15H,16-18H2,1-2H3,(H,29,33). The highest BCUT2D eigenvalue weighted by atomic mass is 16.2. The summed E-state index contributed by atoms with van der Waals surface area (Å²) in [5, 5.41) is 7.56. The third kappa shape index (κ3) is 4.10. The lowest BCUT2D eigenvalue weighted by atomic mass is 10.1. The Bertz CT molecular complexity index is 1360. The first-order chi connectivity index (χ1) is 16.5. The minimum atomic E-state index is -0.119. The topological polar surface area (TPSA) is 67.2 Å². The van der Waals surface area contributed by atoms with E-state index in [0.29, 0.717) is 17.8 Å². The van der Waals surface area contributed by atoms with Crippen molar-refractivity contribution in [2.75, 3.05) is 16.8 Å². The number of aromatic nitrogens is 2. The van der Waals surface area contributed by atoms with Gasteiger partial charge in [0.1, 0.15) is 0 Å². The number of para-hydroxylation sites is 2. The Morgan fingerprint density at radius 3 is 2.38 bits per heavy atom. The SMILES string of the molecule is Cc1nn(-c2ccccc2)c(C)c1CC(=O)Nc1ccc(C(=O)N2CCc3ccccc32)cc1. The molecule has 170 valence electrons. The van der Waals surface area contributed by atoms with Crippen LogP contribution in [0.2, 0.25) is 0 Å². The van der Waals surface area contributed by atoms with E-state index in [-0.39, 0.29) is 18.2 Å². The van der Waals surface area contributed by atoms with E-state index >= 15 is 0 Å². The van der Waals surface area contributed by atoms with Gasteiger partial charge in [-0.05, 0) is 68.3 Å². The first-order valence-corrected chi connectivity index (χ1v) is 11.4. The van der Waals surface area contributed by atoms with Crippen LogP contribution in [0.1, 0.15) is 32.9 Å². The number of fused-ring (bicyclic) bond motifs is 1. The Morgan fingerprint density at radius 1 is 0.912 bits per heavy atom. The van der Waals surface area contributed by atoms with Crippen molar-refractivity contribution in [2.24, 2.45) is 0 Å². The number of benzene rings is 3. The molecule has 4 aromatic rings. The lowest BCUT2D eigenvalue weighted by Gasteiger charge is -2.17. The minimum Gasteiger partial charge on any atom is -0.326 e. The summed E-state index contributed by atoms with van der Waals surface area (Å²) in [7, 11) is 0. The molecule has 3 aromatic carbocycles. The van der Waals surface area contributed by atoms with E-state index in [1.54, 1.807) is 24.3 Å². The number of rotatable bonds is 5. The van der Waals surface area contributed by atoms with Gasteiger partial charge in [-0.15, -0.1) is 0 Å². The van der Waals surface area contributed by atoms with Crippen molar-refractivity contribution in [2.45, 2.75) is 26.7 Å². The number of nitrogens with zero attached hydrogens (tertiary/aromatic N) is 3. The van der Waals surface area contributed by atoms with Crippen LogP contribution in [0.15, 0.2) is 78.9 Å². The molecule has 2 amide bonds. The summed E-state index contributed by atoms with van der Waals surface area (Å²) >= 11 is 0. The lowest BCUT2D eigenvalue weighted by Crippen LogP contribution is -2.28. The number of amides is 2. The molecule has 34 heavy (non-hydrogen) atoms. The van der Waals surface area contributed by atoms with Gasteiger partial charge in [-0.25, -0.2) is 4.68 Å². The summed E-state index contributed by atoms with van der Waals surface area (Å²) in [5.74, 6) is -0.145. The van der Waals surface area contributed by atoms with Crippen LogP contribution < -0.4 is 10.2 Å². The molecule has 0 saturated carbocycles. The van der Waals surface area contributed by atoms with Gasteiger partial charge in [0, 0.05) is 34.7 Å². The summed E-state index contributed by atoms with van der Waals surface area (Å²) in [6, 6.07) is 25.0. The average Bonchev–Trinajstić information content (AvgIpc) is 3.41. The highest BCUT2D eigenvalue weighted by Crippen LogP contribution is 2.29. The predicted octanol–water partition coefficient (Wildman–Crippen LogP) is 4.87. The van der Waals surface area contributed by atoms with Gasteiger partial charge >= 0.3 is 0 Å². The molecule has 2 heterocycles. The zero-order chi connectivity index (χ0) is 23.7. The maximum absolute atomic E-state index is 13.0. The van der Waals surface area contributed by atoms with E-state index in [0.717, 1.165) is 34.7 Å². The third-order valence-corrected chi connectivity index (χ3v) is 6.33. The van der Waals surface area contributed by atoms with Crippen LogP contribution in [0.4, 0.5) is 11.4 Å². The molecule has 1 aromatic heterocycles. The molecule has 1 N–H and O–H groups in total. The predicted molar refractivity (Wildman–Crippen MR) is 134 cm³/mol. The minimum absolute atomic E-state index is 0.0256. The highest BCUT2D eigenvalue weighted by molar-refractivity contribution is 6.07. The molecule has 0 saturated heterocycles. The molecule has 0 atom stereocenters. The van der Waals surface area contributed by atoms with Crippen molar-refractivity contribution in [3.63, 3.8) is 0 Å². The summed E-state index contributed by atoms with van der Waals surface area (Å²) < 4.78 is 1.87. The van der Waals surface area contributed by atoms with Crippen molar-refractivity contribution >= 4 is 23.2 Å². The molecule has 0 fully saturated rings. The second kappa shape index (κ2) is 8.98. The molecule has 0 aliphatic carbocycles. The fraction of sp³-hybridized carbons (Fsp3) is 0.179. The average molecular weight is 451 g/mol. The molecule has 6 nitrogen and oxygen atoms in total. The Hall–Kier alpha value is -4.19. The molecule has 1 aliphatic rings. The van der Waals surface area contributed by atoms with E-state index in [1.165, 1.54) is 5.56 Å². The Balaban J connectivity index is 1.26. The number of carbonyl (C=O) groups excluding carboxylic acids is 2. The van der Waals surface area contributed by atoms with Gasteiger partial charge in [0.05, 0.1) is 17.8 Å². The van der Waals surface area contributed by atoms with Crippen molar-refractivity contribution in [3.05, 3.63) is 107 Å². The summed E-state index contributed by atoms with van der Waals surface area (Å²) in [5.41, 5.74) is 7.11. The molecule has 0 radical (unpaired) electrons. The molecule has 0 bridgehead atoms. The number of hydrogen-bond acceptors (Lipinski definition) is 3. The van der Waals surface area contributed by atoms with Gasteiger partial charge in [-0.1, -0.05) is 36.4 Å². The normalized spacial score (nSPS) is 12.5. The van der Waals surface area contributed by atoms with Gasteiger partial charge in [-0.2, -0.15) is 5.10 Å². The summed E-state index contributed by atoms with van der Waals surface area (Å²) in [6.45, 7) is 4.59. The van der Waals surface area contributed by atoms with Crippen LogP contribution in [-0.2, 0) is 17.6 Å². The van der Waals surface area contributed by atoms with E-state index in [4.69, 9.17) is 0 Å². The quantitative estimate of drug-likeness (QED) is 0.472. The van der Waals surface area contributed by atoms with E-state index in [1.807, 2.05) is 72.0 Å². The number of aryl methyl sites for hydroxylation is 1. The molecule has 5 rings (SSSR count). The third-order valence-electron chi connectivity index (χ3n) is 6.33. The Labute approximate surface area is 198 Å². The van der Waals surface area contributed by atoms with Gasteiger partial charge in [0.25, 0.3) is 5.91 Å². The van der Waals surface area contributed by atoms with Crippen LogP contribution in [0, 0.1) is 13.8 Å². The Kier molecular flexibility index (Phi) is 5.72. The van der Waals surface area contributed by atoms with E-state index in [9.17, 15) is 9.59 Å². The van der Waals surface area contributed by atoms with Crippen LogP contribution >= 0.6 is 0 Å². The fourth-order valence-electron chi connectivity index (χ4n) is 4.52. The van der Waals surface area contributed by atoms with Gasteiger partial charge in [-0.3, -0.25) is 9.59 Å². The van der Waals surface area contributed by atoms with Crippen LogP contribution in [-0.4, -0.2) is 28.1 Å². The van der Waals surface area contributed by atoms with Gasteiger partial charge in [0.15, 0.2) is 0 Å². The van der Waals surface area contributed by atoms with Crippen molar-refractivity contribution in [1.82, 2.24) is 9.78 Å². The molecule has 6 heteroatoms. The molecular weight excluding hydrogens is 424 g/mol. The molecular formula is C28H26N4O2. The molecule has 0 spiro atoms.